The standard InChI is InChI=1S/C16H21N3O3/c1-10-5-4-6-11(2)15(10)18-14(21)9-19(3)16(22)12-7-8-13(20)17-12/h4-6,12H,7-9H2,1-3H3,(H,17,20)(H,18,21)/t12-/m1/s1. The number of carbonyl (C=O) groups is 3. The van der Waals surface area contributed by atoms with Crippen LogP contribution in [0.5, 0.6) is 0 Å². The minimum atomic E-state index is -0.509. The van der Waals surface area contributed by atoms with Gasteiger partial charge in [0.15, 0.2) is 0 Å². The molecule has 6 nitrogen and oxygen atoms in total. The summed E-state index contributed by atoms with van der Waals surface area (Å²) < 4.78 is 0. The van der Waals surface area contributed by atoms with Gasteiger partial charge >= 0.3 is 0 Å². The number of likely N-dealkylation sites (N-methyl/N-ethyl adjacent to an activating group) is 1. The normalized spacial score (nSPS) is 17.0. The number of benzene rings is 1. The number of carbonyl (C=O) groups excluding carboxylic acids is 3. The molecule has 6 heteroatoms. The van der Waals surface area contributed by atoms with Gasteiger partial charge in [-0.2, -0.15) is 0 Å². The minimum Gasteiger partial charge on any atom is -0.344 e. The number of anilines is 1. The third kappa shape index (κ3) is 3.63. The summed E-state index contributed by atoms with van der Waals surface area (Å²) in [5, 5.41) is 5.46. The monoisotopic (exact) mass is 303 g/mol. The van der Waals surface area contributed by atoms with Crippen LogP contribution in [-0.4, -0.2) is 42.3 Å². The maximum Gasteiger partial charge on any atom is 0.245 e. The van der Waals surface area contributed by atoms with Gasteiger partial charge in [-0.15, -0.1) is 0 Å². The first kappa shape index (κ1) is 16.0. The number of amides is 3. The number of rotatable bonds is 4. The molecule has 1 aromatic rings. The molecule has 0 radical (unpaired) electrons. The molecule has 1 aliphatic rings. The molecule has 22 heavy (non-hydrogen) atoms. The Hall–Kier alpha value is -2.37. The summed E-state index contributed by atoms with van der Waals surface area (Å²) in [5.41, 5.74) is 2.73. The molecule has 118 valence electrons. The molecule has 1 aliphatic heterocycles. The van der Waals surface area contributed by atoms with Gasteiger partial charge < -0.3 is 15.5 Å². The van der Waals surface area contributed by atoms with E-state index in [0.29, 0.717) is 12.8 Å². The van der Waals surface area contributed by atoms with Crippen molar-refractivity contribution >= 4 is 23.4 Å². The Morgan fingerprint density at radius 2 is 1.95 bits per heavy atom. The van der Waals surface area contributed by atoms with Crippen molar-refractivity contribution in [3.8, 4) is 0 Å². The van der Waals surface area contributed by atoms with Gasteiger partial charge in [-0.05, 0) is 31.4 Å². The van der Waals surface area contributed by atoms with E-state index < -0.39 is 6.04 Å². The number of para-hydroxylation sites is 1. The predicted octanol–water partition coefficient (Wildman–Crippen LogP) is 0.979. The SMILES string of the molecule is Cc1cccc(C)c1NC(=O)CN(C)C(=O)[C@H]1CCC(=O)N1. The molecule has 0 aliphatic carbocycles. The van der Waals surface area contributed by atoms with Crippen molar-refractivity contribution in [3.05, 3.63) is 29.3 Å². The fraction of sp³-hybridized carbons (Fsp3) is 0.438. The van der Waals surface area contributed by atoms with Crippen LogP contribution < -0.4 is 10.6 Å². The molecule has 0 saturated carbocycles. The summed E-state index contributed by atoms with van der Waals surface area (Å²) in [4.78, 5) is 36.8. The van der Waals surface area contributed by atoms with E-state index in [4.69, 9.17) is 0 Å². The highest BCUT2D eigenvalue weighted by atomic mass is 16.2. The summed E-state index contributed by atoms with van der Waals surface area (Å²) in [6.07, 6.45) is 0.847. The molecular weight excluding hydrogens is 282 g/mol. The first-order valence-electron chi connectivity index (χ1n) is 7.29. The Morgan fingerprint density at radius 3 is 2.50 bits per heavy atom. The maximum atomic E-state index is 12.1. The highest BCUT2D eigenvalue weighted by Crippen LogP contribution is 2.19. The largest absolute Gasteiger partial charge is 0.344 e. The number of aryl methyl sites for hydroxylation is 2. The van der Waals surface area contributed by atoms with Crippen LogP contribution in [0.3, 0.4) is 0 Å². The van der Waals surface area contributed by atoms with Gasteiger partial charge in [0.2, 0.25) is 17.7 Å². The molecule has 1 heterocycles. The third-order valence-electron chi connectivity index (χ3n) is 3.80. The first-order chi connectivity index (χ1) is 10.4. The van der Waals surface area contributed by atoms with Crippen LogP contribution in [0.4, 0.5) is 5.69 Å². The summed E-state index contributed by atoms with van der Waals surface area (Å²) in [5.74, 6) is -0.605. The maximum absolute atomic E-state index is 12.1. The summed E-state index contributed by atoms with van der Waals surface area (Å²) >= 11 is 0. The van der Waals surface area contributed by atoms with Gasteiger partial charge in [0.1, 0.15) is 6.04 Å². The van der Waals surface area contributed by atoms with E-state index in [-0.39, 0.29) is 24.3 Å². The van der Waals surface area contributed by atoms with Crippen molar-refractivity contribution in [2.75, 3.05) is 18.9 Å². The molecule has 1 fully saturated rings. The number of hydrogen-bond acceptors (Lipinski definition) is 3. The van der Waals surface area contributed by atoms with E-state index >= 15 is 0 Å². The topological polar surface area (TPSA) is 78.5 Å². The van der Waals surface area contributed by atoms with Gasteiger partial charge in [0.05, 0.1) is 6.54 Å². The van der Waals surface area contributed by atoms with E-state index in [0.717, 1.165) is 16.8 Å². The molecule has 1 aromatic carbocycles. The van der Waals surface area contributed by atoms with Crippen LogP contribution >= 0.6 is 0 Å². The average molecular weight is 303 g/mol. The molecule has 0 spiro atoms. The first-order valence-corrected chi connectivity index (χ1v) is 7.29. The van der Waals surface area contributed by atoms with Crippen LogP contribution in [0.15, 0.2) is 18.2 Å². The number of nitrogens with one attached hydrogen (secondary N) is 2. The highest BCUT2D eigenvalue weighted by molar-refractivity contribution is 5.97. The van der Waals surface area contributed by atoms with Crippen LogP contribution in [0, 0.1) is 13.8 Å². The lowest BCUT2D eigenvalue weighted by atomic mass is 10.1. The summed E-state index contributed by atoms with van der Waals surface area (Å²) in [7, 11) is 1.57. The zero-order valence-electron chi connectivity index (χ0n) is 13.1. The Balaban J connectivity index is 1.94. The van der Waals surface area contributed by atoms with Gasteiger partial charge in [0, 0.05) is 19.2 Å². The molecule has 0 unspecified atom stereocenters. The fourth-order valence-electron chi connectivity index (χ4n) is 2.55. The van der Waals surface area contributed by atoms with E-state index in [1.54, 1.807) is 7.05 Å². The van der Waals surface area contributed by atoms with Gasteiger partial charge in [-0.3, -0.25) is 14.4 Å². The van der Waals surface area contributed by atoms with Crippen LogP contribution in [0.25, 0.3) is 0 Å². The fourth-order valence-corrected chi connectivity index (χ4v) is 2.55. The quantitative estimate of drug-likeness (QED) is 0.870. The third-order valence-corrected chi connectivity index (χ3v) is 3.80. The van der Waals surface area contributed by atoms with Gasteiger partial charge in [-0.1, -0.05) is 18.2 Å². The van der Waals surface area contributed by atoms with Crippen molar-refractivity contribution in [2.24, 2.45) is 0 Å². The Kier molecular flexibility index (Phi) is 4.80. The van der Waals surface area contributed by atoms with Crippen LogP contribution in [-0.2, 0) is 14.4 Å². The summed E-state index contributed by atoms with van der Waals surface area (Å²) in [6.45, 7) is 3.80. The minimum absolute atomic E-state index is 0.0427. The molecule has 0 aromatic heterocycles. The van der Waals surface area contributed by atoms with E-state index in [2.05, 4.69) is 10.6 Å². The Morgan fingerprint density at radius 1 is 1.32 bits per heavy atom. The molecule has 1 atom stereocenters. The van der Waals surface area contributed by atoms with Crippen molar-refractivity contribution in [1.82, 2.24) is 10.2 Å². The lowest BCUT2D eigenvalue weighted by Crippen LogP contribution is -2.45. The molecule has 1 saturated heterocycles. The number of nitrogens with zero attached hydrogens (tertiary/aromatic N) is 1. The average Bonchev–Trinajstić information content (AvgIpc) is 2.88. The zero-order valence-corrected chi connectivity index (χ0v) is 13.1. The van der Waals surface area contributed by atoms with Crippen LogP contribution in [0.1, 0.15) is 24.0 Å². The van der Waals surface area contributed by atoms with Crippen molar-refractivity contribution in [3.63, 3.8) is 0 Å². The van der Waals surface area contributed by atoms with Crippen LogP contribution in [0.2, 0.25) is 0 Å². The lowest BCUT2D eigenvalue weighted by Gasteiger charge is -2.21. The Bertz CT molecular complexity index is 592. The second-order valence-corrected chi connectivity index (χ2v) is 5.67. The van der Waals surface area contributed by atoms with E-state index in [1.807, 2.05) is 32.0 Å². The molecule has 2 N–H and O–H groups in total. The summed E-state index contributed by atoms with van der Waals surface area (Å²) in [6, 6.07) is 5.26. The second-order valence-electron chi connectivity index (χ2n) is 5.67. The molecular formula is C16H21N3O3. The lowest BCUT2D eigenvalue weighted by molar-refractivity contribution is -0.135. The highest BCUT2D eigenvalue weighted by Gasteiger charge is 2.30. The van der Waals surface area contributed by atoms with E-state index in [9.17, 15) is 14.4 Å². The Labute approximate surface area is 129 Å². The molecule has 0 bridgehead atoms. The smallest absolute Gasteiger partial charge is 0.245 e. The van der Waals surface area contributed by atoms with Crippen molar-refractivity contribution in [1.29, 1.82) is 0 Å². The van der Waals surface area contributed by atoms with E-state index in [1.165, 1.54) is 4.90 Å². The molecule has 3 amide bonds. The number of hydrogen-bond donors (Lipinski definition) is 2. The van der Waals surface area contributed by atoms with Gasteiger partial charge in [0.25, 0.3) is 0 Å². The zero-order chi connectivity index (χ0) is 16.3. The predicted molar refractivity (Wildman–Crippen MR) is 83.3 cm³/mol. The molecule has 2 rings (SSSR count). The second kappa shape index (κ2) is 6.60. The van der Waals surface area contributed by atoms with Crippen molar-refractivity contribution < 1.29 is 14.4 Å². The van der Waals surface area contributed by atoms with Crippen molar-refractivity contribution in [2.45, 2.75) is 32.7 Å². The van der Waals surface area contributed by atoms with Gasteiger partial charge in [-0.25, -0.2) is 0 Å².